The Morgan fingerprint density at radius 2 is 2.16 bits per heavy atom. The summed E-state index contributed by atoms with van der Waals surface area (Å²) in [4.78, 5) is 4.40. The number of aromatic nitrogens is 1. The lowest BCUT2D eigenvalue weighted by Gasteiger charge is -2.20. The number of benzene rings is 1. The van der Waals surface area contributed by atoms with Crippen molar-refractivity contribution in [3.05, 3.63) is 45.4 Å². The van der Waals surface area contributed by atoms with Crippen LogP contribution in [-0.4, -0.2) is 18.1 Å². The Kier molecular flexibility index (Phi) is 4.80. The molecule has 0 radical (unpaired) electrons. The number of nitrogens with one attached hydrogen (secondary N) is 1. The third-order valence-corrected chi connectivity index (χ3v) is 3.84. The average Bonchev–Trinajstić information content (AvgIpc) is 2.89. The molecule has 5 heteroatoms. The average molecular weight is 297 g/mol. The van der Waals surface area contributed by atoms with E-state index in [-0.39, 0.29) is 6.04 Å². The van der Waals surface area contributed by atoms with Crippen LogP contribution in [0.4, 0.5) is 0 Å². The van der Waals surface area contributed by atoms with E-state index in [2.05, 4.69) is 24.1 Å². The second-order valence-corrected chi connectivity index (χ2v) is 5.85. The molecule has 0 aliphatic carbocycles. The van der Waals surface area contributed by atoms with Gasteiger partial charge >= 0.3 is 0 Å². The van der Waals surface area contributed by atoms with E-state index in [1.165, 1.54) is 0 Å². The largest absolute Gasteiger partial charge is 0.495 e. The molecule has 0 bridgehead atoms. The Balaban J connectivity index is 2.35. The highest BCUT2D eigenvalue weighted by molar-refractivity contribution is 7.09. The second kappa shape index (κ2) is 6.37. The van der Waals surface area contributed by atoms with Gasteiger partial charge in [-0.05, 0) is 31.5 Å². The maximum atomic E-state index is 6.20. The van der Waals surface area contributed by atoms with Crippen molar-refractivity contribution in [1.29, 1.82) is 0 Å². The first-order valence-electron chi connectivity index (χ1n) is 6.10. The predicted octanol–water partition coefficient (Wildman–Crippen LogP) is 3.89. The fourth-order valence-electron chi connectivity index (χ4n) is 1.88. The number of hydrogen-bond donors (Lipinski definition) is 1. The minimum Gasteiger partial charge on any atom is -0.495 e. The van der Waals surface area contributed by atoms with Gasteiger partial charge in [0.1, 0.15) is 10.8 Å². The molecule has 1 heterocycles. The van der Waals surface area contributed by atoms with Crippen LogP contribution in [0.25, 0.3) is 0 Å². The van der Waals surface area contributed by atoms with E-state index in [1.54, 1.807) is 18.4 Å². The van der Waals surface area contributed by atoms with E-state index in [4.69, 9.17) is 16.3 Å². The number of halogens is 1. The van der Waals surface area contributed by atoms with Crippen LogP contribution in [0.15, 0.2) is 29.8 Å². The Bertz CT molecular complexity index is 528. The van der Waals surface area contributed by atoms with Crippen molar-refractivity contribution in [2.45, 2.75) is 25.9 Å². The molecule has 1 N–H and O–H groups in total. The first kappa shape index (κ1) is 14.3. The van der Waals surface area contributed by atoms with Crippen molar-refractivity contribution in [3.8, 4) is 5.75 Å². The zero-order chi connectivity index (χ0) is 13.8. The molecule has 2 rings (SSSR count). The lowest BCUT2D eigenvalue weighted by atomic mass is 10.1. The topological polar surface area (TPSA) is 34.1 Å². The third-order valence-electron chi connectivity index (χ3n) is 2.71. The van der Waals surface area contributed by atoms with E-state index < -0.39 is 0 Å². The van der Waals surface area contributed by atoms with Crippen molar-refractivity contribution in [2.24, 2.45) is 0 Å². The van der Waals surface area contributed by atoms with Crippen molar-refractivity contribution in [2.75, 3.05) is 7.11 Å². The molecule has 0 saturated carbocycles. The third kappa shape index (κ3) is 3.47. The highest BCUT2D eigenvalue weighted by atomic mass is 35.5. The molecular formula is C14H17ClN2OS. The van der Waals surface area contributed by atoms with Gasteiger partial charge in [0.2, 0.25) is 0 Å². The van der Waals surface area contributed by atoms with Gasteiger partial charge in [-0.2, -0.15) is 0 Å². The summed E-state index contributed by atoms with van der Waals surface area (Å²) in [7, 11) is 1.62. The summed E-state index contributed by atoms with van der Waals surface area (Å²) in [5.41, 5.74) is 1.09. The minimum absolute atomic E-state index is 0.0587. The molecule has 1 aromatic carbocycles. The van der Waals surface area contributed by atoms with Crippen LogP contribution < -0.4 is 10.1 Å². The number of hydrogen-bond acceptors (Lipinski definition) is 4. The van der Waals surface area contributed by atoms with Crippen LogP contribution in [-0.2, 0) is 0 Å². The molecule has 2 aromatic rings. The molecular weight excluding hydrogens is 280 g/mol. The molecule has 1 atom stereocenters. The fourth-order valence-corrected chi connectivity index (χ4v) is 2.87. The summed E-state index contributed by atoms with van der Waals surface area (Å²) in [5.74, 6) is 0.688. The fraction of sp³-hybridized carbons (Fsp3) is 0.357. The van der Waals surface area contributed by atoms with Crippen LogP contribution in [0, 0.1) is 0 Å². The quantitative estimate of drug-likeness (QED) is 0.909. The molecule has 102 valence electrons. The zero-order valence-corrected chi connectivity index (χ0v) is 12.8. The van der Waals surface area contributed by atoms with Gasteiger partial charge in [0.25, 0.3) is 0 Å². The molecule has 0 aliphatic heterocycles. The van der Waals surface area contributed by atoms with Crippen LogP contribution in [0.5, 0.6) is 5.75 Å². The Morgan fingerprint density at radius 1 is 1.37 bits per heavy atom. The van der Waals surface area contributed by atoms with E-state index in [1.807, 2.05) is 29.8 Å². The first-order chi connectivity index (χ1) is 9.11. The zero-order valence-electron chi connectivity index (χ0n) is 11.2. The summed E-state index contributed by atoms with van der Waals surface area (Å²) in [5, 5.41) is 7.15. The summed E-state index contributed by atoms with van der Waals surface area (Å²) in [6.07, 6.45) is 1.82. The van der Waals surface area contributed by atoms with Crippen molar-refractivity contribution in [3.63, 3.8) is 0 Å². The number of ether oxygens (including phenoxy) is 1. The minimum atomic E-state index is 0.0587. The van der Waals surface area contributed by atoms with E-state index in [0.717, 1.165) is 10.6 Å². The van der Waals surface area contributed by atoms with Crippen LogP contribution in [0.3, 0.4) is 0 Å². The van der Waals surface area contributed by atoms with Crippen LogP contribution >= 0.6 is 22.9 Å². The van der Waals surface area contributed by atoms with E-state index in [0.29, 0.717) is 16.8 Å². The van der Waals surface area contributed by atoms with Crippen molar-refractivity contribution in [1.82, 2.24) is 10.3 Å². The van der Waals surface area contributed by atoms with Gasteiger partial charge in [-0.25, -0.2) is 4.98 Å². The molecule has 0 amide bonds. The number of rotatable bonds is 5. The normalized spacial score (nSPS) is 12.7. The highest BCUT2D eigenvalue weighted by Gasteiger charge is 2.18. The molecule has 0 fully saturated rings. The Labute approximate surface area is 122 Å². The second-order valence-electron chi connectivity index (χ2n) is 4.52. The molecule has 0 aliphatic rings. The summed E-state index contributed by atoms with van der Waals surface area (Å²) in [6.45, 7) is 4.23. The number of methoxy groups -OCH3 is 1. The maximum absolute atomic E-state index is 6.20. The number of nitrogens with zero attached hydrogens (tertiary/aromatic N) is 1. The lowest BCUT2D eigenvalue weighted by Crippen LogP contribution is -2.28. The molecule has 1 aromatic heterocycles. The predicted molar refractivity (Wildman–Crippen MR) is 80.2 cm³/mol. The van der Waals surface area contributed by atoms with Crippen molar-refractivity contribution >= 4 is 22.9 Å². The van der Waals surface area contributed by atoms with Gasteiger partial charge in [0, 0.05) is 17.6 Å². The molecule has 0 spiro atoms. The van der Waals surface area contributed by atoms with Gasteiger partial charge in [-0.1, -0.05) is 17.7 Å². The van der Waals surface area contributed by atoms with Crippen LogP contribution in [0.1, 0.15) is 30.5 Å². The lowest BCUT2D eigenvalue weighted by molar-refractivity contribution is 0.414. The van der Waals surface area contributed by atoms with E-state index >= 15 is 0 Å². The molecule has 3 nitrogen and oxygen atoms in total. The number of thiazole rings is 1. The maximum Gasteiger partial charge on any atom is 0.137 e. The Hall–Kier alpha value is -1.10. The summed E-state index contributed by atoms with van der Waals surface area (Å²) >= 11 is 7.84. The Morgan fingerprint density at radius 3 is 2.68 bits per heavy atom. The van der Waals surface area contributed by atoms with Gasteiger partial charge in [-0.15, -0.1) is 11.3 Å². The van der Waals surface area contributed by atoms with Gasteiger partial charge in [0.05, 0.1) is 18.2 Å². The monoisotopic (exact) mass is 296 g/mol. The van der Waals surface area contributed by atoms with Gasteiger partial charge < -0.3 is 10.1 Å². The standard InChI is InChI=1S/C14H17ClN2OS/c1-9(2)17-13(14-16-6-7-19-14)10-4-5-12(18-3)11(15)8-10/h4-9,13,17H,1-3H3. The van der Waals surface area contributed by atoms with Crippen LogP contribution in [0.2, 0.25) is 5.02 Å². The van der Waals surface area contributed by atoms with Gasteiger partial charge in [-0.3, -0.25) is 0 Å². The molecule has 1 unspecified atom stereocenters. The first-order valence-corrected chi connectivity index (χ1v) is 7.36. The van der Waals surface area contributed by atoms with E-state index in [9.17, 15) is 0 Å². The van der Waals surface area contributed by atoms with Crippen molar-refractivity contribution < 1.29 is 4.74 Å². The van der Waals surface area contributed by atoms with Gasteiger partial charge in [0.15, 0.2) is 0 Å². The highest BCUT2D eigenvalue weighted by Crippen LogP contribution is 2.31. The SMILES string of the molecule is COc1ccc(C(NC(C)C)c2nccs2)cc1Cl. The molecule has 0 saturated heterocycles. The summed E-state index contributed by atoms with van der Waals surface area (Å²) in [6, 6.07) is 6.26. The summed E-state index contributed by atoms with van der Waals surface area (Å²) < 4.78 is 5.19. The smallest absolute Gasteiger partial charge is 0.137 e. The molecule has 19 heavy (non-hydrogen) atoms.